The Labute approximate surface area is 206 Å². The molecule has 0 saturated carbocycles. The summed E-state index contributed by atoms with van der Waals surface area (Å²) in [4.78, 5) is 38.3. The maximum atomic E-state index is 14.9. The topological polar surface area (TPSA) is 177 Å². The molecule has 0 bridgehead atoms. The predicted octanol–water partition coefficient (Wildman–Crippen LogP) is 0.746. The summed E-state index contributed by atoms with van der Waals surface area (Å²) in [5.74, 6) is -0.839. The van der Waals surface area contributed by atoms with Crippen LogP contribution in [0.15, 0.2) is 35.7 Å². The minimum atomic E-state index is -0.952. The molecular weight excluding hydrogens is 475 g/mol. The van der Waals surface area contributed by atoms with Crippen LogP contribution in [0.1, 0.15) is 12.5 Å². The molecule has 1 unspecified atom stereocenters. The molecule has 3 rings (SSSR count). The number of nitrogens with two attached hydrogens (primary N) is 1. The van der Waals surface area contributed by atoms with Crippen molar-refractivity contribution in [2.24, 2.45) is 10.9 Å². The van der Waals surface area contributed by atoms with Crippen molar-refractivity contribution in [1.82, 2.24) is 20.6 Å². The molecule has 0 spiro atoms. The van der Waals surface area contributed by atoms with Crippen LogP contribution in [-0.4, -0.2) is 73.1 Å². The maximum Gasteiger partial charge on any atom is 0.414 e. The van der Waals surface area contributed by atoms with Gasteiger partial charge in [-0.15, -0.1) is 0 Å². The lowest BCUT2D eigenvalue weighted by atomic mass is 10.1. The van der Waals surface area contributed by atoms with Crippen LogP contribution in [0.3, 0.4) is 0 Å². The Bertz CT molecular complexity index is 1120. The fraction of sp³-hybridized carbons (Fsp3) is 0.364. The summed E-state index contributed by atoms with van der Waals surface area (Å²) in [6, 6.07) is 4.67. The van der Waals surface area contributed by atoms with Gasteiger partial charge in [0.25, 0.3) is 0 Å². The first-order chi connectivity index (χ1) is 17.3. The van der Waals surface area contributed by atoms with E-state index in [9.17, 15) is 14.0 Å². The molecule has 192 valence electrons. The first kappa shape index (κ1) is 26.3. The van der Waals surface area contributed by atoms with Crippen molar-refractivity contribution in [3.8, 4) is 11.1 Å². The molecule has 1 fully saturated rings. The lowest BCUT2D eigenvalue weighted by molar-refractivity contribution is -0.119. The number of ether oxygens (including phenoxy) is 2. The number of amides is 2. The van der Waals surface area contributed by atoms with Gasteiger partial charge in [0.1, 0.15) is 25.1 Å². The van der Waals surface area contributed by atoms with Gasteiger partial charge < -0.3 is 30.3 Å². The highest BCUT2D eigenvalue weighted by Crippen LogP contribution is 2.26. The van der Waals surface area contributed by atoms with E-state index in [1.807, 2.05) is 10.2 Å². The number of alkyl carbamates (subject to hydrolysis) is 1. The second-order valence-electron chi connectivity index (χ2n) is 7.77. The van der Waals surface area contributed by atoms with E-state index >= 15 is 0 Å². The van der Waals surface area contributed by atoms with Crippen LogP contribution in [-0.2, 0) is 25.7 Å². The van der Waals surface area contributed by atoms with Gasteiger partial charge in [0.2, 0.25) is 11.9 Å². The van der Waals surface area contributed by atoms with Gasteiger partial charge in [-0.1, -0.05) is 23.4 Å². The van der Waals surface area contributed by atoms with Crippen LogP contribution in [0.5, 0.6) is 0 Å². The highest BCUT2D eigenvalue weighted by molar-refractivity contribution is 5.98. The molecule has 2 heterocycles. The number of carbonyl (C=O) groups excluding carboxylic acids is 2. The normalized spacial score (nSPS) is 13.3. The Morgan fingerprint density at radius 3 is 2.67 bits per heavy atom. The number of benzene rings is 1. The Morgan fingerprint density at radius 1 is 1.31 bits per heavy atom. The average Bonchev–Trinajstić information content (AvgIpc) is 2.81. The van der Waals surface area contributed by atoms with E-state index < -0.39 is 17.9 Å². The van der Waals surface area contributed by atoms with Crippen molar-refractivity contribution in [2.75, 3.05) is 38.3 Å². The second-order valence-corrected chi connectivity index (χ2v) is 7.77. The Balaban J connectivity index is 1.52. The molecule has 1 aliphatic heterocycles. The molecule has 1 aromatic carbocycles. The van der Waals surface area contributed by atoms with Crippen LogP contribution >= 0.6 is 0 Å². The van der Waals surface area contributed by atoms with E-state index in [4.69, 9.17) is 25.5 Å². The lowest BCUT2D eigenvalue weighted by Crippen LogP contribution is -2.48. The van der Waals surface area contributed by atoms with Gasteiger partial charge in [-0.2, -0.15) is 0 Å². The standard InChI is InChI=1S/C22H27FN8O5/c1-13(32)26-8-17(34-2)12-36-30-16-9-31(10-16)21-27-6-15(7-28-21)18-5-3-4-14(19(18)23)11-35-22(33)29-20(24)25/h3-7,17H,8-12H2,1-2H3,(H,26,32)(H4,24,25,29,33). The quantitative estimate of drug-likeness (QED) is 0.207. The Kier molecular flexibility index (Phi) is 9.05. The molecule has 5 N–H and O–H groups in total. The summed E-state index contributed by atoms with van der Waals surface area (Å²) >= 11 is 0. The Hall–Kier alpha value is -4.33. The molecule has 1 aromatic heterocycles. The fourth-order valence-corrected chi connectivity index (χ4v) is 3.10. The van der Waals surface area contributed by atoms with Crippen molar-refractivity contribution in [3.63, 3.8) is 0 Å². The number of oxime groups is 1. The number of aromatic nitrogens is 2. The van der Waals surface area contributed by atoms with E-state index in [0.29, 0.717) is 31.1 Å². The van der Waals surface area contributed by atoms with Gasteiger partial charge >= 0.3 is 6.09 Å². The molecule has 1 saturated heterocycles. The van der Waals surface area contributed by atoms with Crippen LogP contribution in [0.2, 0.25) is 0 Å². The second kappa shape index (κ2) is 12.4. The number of rotatable bonds is 10. The van der Waals surface area contributed by atoms with E-state index in [0.717, 1.165) is 5.71 Å². The number of nitrogens with zero attached hydrogens (tertiary/aromatic N) is 4. The monoisotopic (exact) mass is 502 g/mol. The van der Waals surface area contributed by atoms with Crippen molar-refractivity contribution in [2.45, 2.75) is 19.6 Å². The van der Waals surface area contributed by atoms with Crippen molar-refractivity contribution in [3.05, 3.63) is 42.0 Å². The number of hydrogen-bond acceptors (Lipinski definition) is 10. The van der Waals surface area contributed by atoms with Crippen LogP contribution < -0.4 is 21.3 Å². The molecule has 0 aliphatic carbocycles. The lowest BCUT2D eigenvalue weighted by Gasteiger charge is -2.32. The van der Waals surface area contributed by atoms with Gasteiger partial charge in [0.15, 0.2) is 5.96 Å². The van der Waals surface area contributed by atoms with Crippen molar-refractivity contribution < 1.29 is 28.3 Å². The number of carbonyl (C=O) groups is 2. The zero-order chi connectivity index (χ0) is 26.1. The zero-order valence-corrected chi connectivity index (χ0v) is 19.8. The fourth-order valence-electron chi connectivity index (χ4n) is 3.10. The minimum absolute atomic E-state index is 0.145. The van der Waals surface area contributed by atoms with E-state index in [2.05, 4.69) is 20.4 Å². The summed E-state index contributed by atoms with van der Waals surface area (Å²) in [6.07, 6.45) is 1.75. The van der Waals surface area contributed by atoms with Crippen molar-refractivity contribution >= 4 is 29.6 Å². The average molecular weight is 503 g/mol. The van der Waals surface area contributed by atoms with Gasteiger partial charge in [-0.3, -0.25) is 15.5 Å². The van der Waals surface area contributed by atoms with Gasteiger partial charge in [0.05, 0.1) is 18.8 Å². The summed E-state index contributed by atoms with van der Waals surface area (Å²) in [5.41, 5.74) is 6.70. The van der Waals surface area contributed by atoms with E-state index in [1.54, 1.807) is 12.1 Å². The number of anilines is 1. The number of nitrogens with one attached hydrogen (secondary N) is 3. The molecule has 0 radical (unpaired) electrons. The maximum absolute atomic E-state index is 14.9. The molecule has 36 heavy (non-hydrogen) atoms. The number of methoxy groups -OCH3 is 1. The predicted molar refractivity (Wildman–Crippen MR) is 128 cm³/mol. The van der Waals surface area contributed by atoms with Crippen molar-refractivity contribution in [1.29, 1.82) is 5.41 Å². The number of halogens is 1. The molecular formula is C22H27FN8O5. The molecule has 2 amide bonds. The first-order valence-electron chi connectivity index (χ1n) is 10.8. The zero-order valence-electron chi connectivity index (χ0n) is 19.8. The highest BCUT2D eigenvalue weighted by atomic mass is 19.1. The highest BCUT2D eigenvalue weighted by Gasteiger charge is 2.25. The van der Waals surface area contributed by atoms with Crippen LogP contribution in [0, 0.1) is 11.2 Å². The molecule has 13 nitrogen and oxygen atoms in total. The minimum Gasteiger partial charge on any atom is -0.444 e. The third-order valence-electron chi connectivity index (χ3n) is 5.02. The third kappa shape index (κ3) is 7.33. The third-order valence-corrected chi connectivity index (χ3v) is 5.02. The SMILES string of the molecule is COC(CNC(C)=O)CON=C1CN(c2ncc(-c3cccc(COC(=O)NC(=N)N)c3F)cn2)C1. The van der Waals surface area contributed by atoms with Gasteiger partial charge in [-0.05, 0) is 0 Å². The van der Waals surface area contributed by atoms with Crippen LogP contribution in [0.25, 0.3) is 11.1 Å². The molecule has 14 heteroatoms. The van der Waals surface area contributed by atoms with Gasteiger partial charge in [-0.25, -0.2) is 19.2 Å². The molecule has 1 atom stereocenters. The summed E-state index contributed by atoms with van der Waals surface area (Å²) in [5, 5.41) is 15.7. The van der Waals surface area contributed by atoms with E-state index in [-0.39, 0.29) is 36.4 Å². The largest absolute Gasteiger partial charge is 0.444 e. The van der Waals surface area contributed by atoms with E-state index in [1.165, 1.54) is 32.5 Å². The molecule has 2 aromatic rings. The Morgan fingerprint density at radius 2 is 2.03 bits per heavy atom. The number of guanidine groups is 1. The van der Waals surface area contributed by atoms with Crippen LogP contribution in [0.4, 0.5) is 15.1 Å². The summed E-state index contributed by atoms with van der Waals surface area (Å²) in [7, 11) is 1.53. The molecule has 1 aliphatic rings. The first-order valence-corrected chi connectivity index (χ1v) is 10.8. The summed E-state index contributed by atoms with van der Waals surface area (Å²) < 4.78 is 25.0. The summed E-state index contributed by atoms with van der Waals surface area (Å²) in [6.45, 7) is 2.57. The number of hydrogen-bond donors (Lipinski definition) is 4. The van der Waals surface area contributed by atoms with Gasteiger partial charge in [0, 0.05) is 49.7 Å². The smallest absolute Gasteiger partial charge is 0.414 e.